The number of hydrogen-bond acceptors (Lipinski definition) is 4. The maximum Gasteiger partial charge on any atom is 0.247 e. The van der Waals surface area contributed by atoms with Crippen LogP contribution in [-0.2, 0) is 9.59 Å². The van der Waals surface area contributed by atoms with Gasteiger partial charge in [-0.1, -0.05) is 12.1 Å². The summed E-state index contributed by atoms with van der Waals surface area (Å²) >= 11 is 0. The van der Waals surface area contributed by atoms with E-state index >= 15 is 0 Å². The number of para-hydroxylation sites is 1. The summed E-state index contributed by atoms with van der Waals surface area (Å²) in [7, 11) is 0. The molecular formula is C20H18F2N2O4. The molecule has 146 valence electrons. The van der Waals surface area contributed by atoms with E-state index in [0.29, 0.717) is 11.5 Å². The van der Waals surface area contributed by atoms with Crippen LogP contribution in [0.4, 0.5) is 14.5 Å². The second-order valence-electron chi connectivity index (χ2n) is 5.94. The lowest BCUT2D eigenvalue weighted by Crippen LogP contribution is -2.37. The first-order chi connectivity index (χ1) is 13.5. The number of nitrogens with zero attached hydrogens (tertiary/aromatic N) is 1. The van der Waals surface area contributed by atoms with E-state index in [1.54, 1.807) is 31.2 Å². The first-order valence-electron chi connectivity index (χ1n) is 8.58. The largest absolute Gasteiger partial charge is 0.454 e. The molecular weight excluding hydrogens is 370 g/mol. The molecule has 3 rings (SSSR count). The zero-order valence-corrected chi connectivity index (χ0v) is 15.1. The van der Waals surface area contributed by atoms with Gasteiger partial charge in [-0.05, 0) is 42.8 Å². The van der Waals surface area contributed by atoms with Crippen LogP contribution in [-0.4, -0.2) is 36.6 Å². The van der Waals surface area contributed by atoms with Crippen LogP contribution in [0.3, 0.4) is 0 Å². The van der Waals surface area contributed by atoms with E-state index in [1.165, 1.54) is 17.0 Å². The lowest BCUT2D eigenvalue weighted by Gasteiger charge is -2.18. The van der Waals surface area contributed by atoms with Crippen LogP contribution in [0.5, 0.6) is 11.5 Å². The van der Waals surface area contributed by atoms with Crippen molar-refractivity contribution >= 4 is 23.6 Å². The molecule has 1 N–H and O–H groups in total. The number of nitrogens with one attached hydrogen (secondary N) is 1. The van der Waals surface area contributed by atoms with Gasteiger partial charge in [-0.15, -0.1) is 0 Å². The molecule has 2 amide bonds. The first kappa shape index (κ1) is 19.3. The van der Waals surface area contributed by atoms with Crippen LogP contribution in [0.2, 0.25) is 0 Å². The summed E-state index contributed by atoms with van der Waals surface area (Å²) in [5.74, 6) is -1.65. The Labute approximate surface area is 160 Å². The highest BCUT2D eigenvalue weighted by molar-refractivity contribution is 5.98. The van der Waals surface area contributed by atoms with Crippen molar-refractivity contribution in [3.8, 4) is 11.5 Å². The van der Waals surface area contributed by atoms with Gasteiger partial charge in [0.1, 0.15) is 23.9 Å². The number of anilines is 1. The number of rotatable bonds is 6. The van der Waals surface area contributed by atoms with Gasteiger partial charge in [0.15, 0.2) is 11.5 Å². The van der Waals surface area contributed by atoms with Gasteiger partial charge in [-0.2, -0.15) is 0 Å². The lowest BCUT2D eigenvalue weighted by atomic mass is 10.2. The van der Waals surface area contributed by atoms with E-state index in [2.05, 4.69) is 5.32 Å². The fourth-order valence-electron chi connectivity index (χ4n) is 2.60. The Morgan fingerprint density at radius 3 is 2.57 bits per heavy atom. The SMILES string of the molecule is CCN(CC(=O)Nc1c(F)cccc1F)C(=O)C=Cc1ccc2c(c1)OCO2. The van der Waals surface area contributed by atoms with E-state index in [4.69, 9.17) is 9.47 Å². The number of carbonyl (C=O) groups is 2. The summed E-state index contributed by atoms with van der Waals surface area (Å²) in [4.78, 5) is 25.7. The van der Waals surface area contributed by atoms with Crippen molar-refractivity contribution in [2.75, 3.05) is 25.2 Å². The smallest absolute Gasteiger partial charge is 0.247 e. The van der Waals surface area contributed by atoms with Gasteiger partial charge in [0.05, 0.1) is 0 Å². The molecule has 0 aromatic heterocycles. The van der Waals surface area contributed by atoms with Crippen LogP contribution in [0, 0.1) is 11.6 Å². The minimum Gasteiger partial charge on any atom is -0.454 e. The van der Waals surface area contributed by atoms with Gasteiger partial charge in [0, 0.05) is 12.6 Å². The monoisotopic (exact) mass is 388 g/mol. The minimum absolute atomic E-state index is 0.156. The van der Waals surface area contributed by atoms with Crippen LogP contribution in [0.1, 0.15) is 12.5 Å². The lowest BCUT2D eigenvalue weighted by molar-refractivity contribution is -0.130. The number of carbonyl (C=O) groups excluding carboxylic acids is 2. The molecule has 28 heavy (non-hydrogen) atoms. The summed E-state index contributed by atoms with van der Waals surface area (Å²) in [6.45, 7) is 1.76. The van der Waals surface area contributed by atoms with Gasteiger partial charge in [0.2, 0.25) is 18.6 Å². The molecule has 6 nitrogen and oxygen atoms in total. The van der Waals surface area contributed by atoms with E-state index < -0.39 is 29.1 Å². The number of ether oxygens (including phenoxy) is 2. The molecule has 0 unspecified atom stereocenters. The van der Waals surface area contributed by atoms with Gasteiger partial charge in [-0.3, -0.25) is 9.59 Å². The van der Waals surface area contributed by atoms with Crippen LogP contribution in [0.25, 0.3) is 6.08 Å². The molecule has 0 radical (unpaired) electrons. The molecule has 0 aliphatic carbocycles. The van der Waals surface area contributed by atoms with Crippen LogP contribution < -0.4 is 14.8 Å². The predicted octanol–water partition coefficient (Wildman–Crippen LogP) is 3.19. The van der Waals surface area contributed by atoms with Gasteiger partial charge >= 0.3 is 0 Å². The molecule has 1 heterocycles. The van der Waals surface area contributed by atoms with Crippen molar-refractivity contribution in [3.05, 3.63) is 59.7 Å². The topological polar surface area (TPSA) is 67.9 Å². The summed E-state index contributed by atoms with van der Waals surface area (Å²) in [5, 5.41) is 2.16. The van der Waals surface area contributed by atoms with E-state index in [1.807, 2.05) is 0 Å². The molecule has 2 aromatic rings. The third-order valence-electron chi connectivity index (χ3n) is 4.07. The summed E-state index contributed by atoms with van der Waals surface area (Å²) in [5.41, 5.74) is 0.193. The average molecular weight is 388 g/mol. The van der Waals surface area contributed by atoms with E-state index in [-0.39, 0.29) is 19.9 Å². The molecule has 8 heteroatoms. The Bertz CT molecular complexity index is 910. The molecule has 1 aliphatic rings. The number of halogens is 2. The normalized spacial score (nSPS) is 12.2. The average Bonchev–Trinajstić information content (AvgIpc) is 3.15. The van der Waals surface area contributed by atoms with Crippen molar-refractivity contribution in [1.82, 2.24) is 4.90 Å². The van der Waals surface area contributed by atoms with Crippen molar-refractivity contribution in [1.29, 1.82) is 0 Å². The second kappa shape index (κ2) is 8.51. The van der Waals surface area contributed by atoms with Crippen molar-refractivity contribution in [3.63, 3.8) is 0 Å². The van der Waals surface area contributed by atoms with Crippen LogP contribution >= 0.6 is 0 Å². The Balaban J connectivity index is 1.62. The molecule has 0 saturated carbocycles. The van der Waals surface area contributed by atoms with Gasteiger partial charge < -0.3 is 19.7 Å². The van der Waals surface area contributed by atoms with E-state index in [0.717, 1.165) is 17.7 Å². The number of benzene rings is 2. The Hall–Kier alpha value is -3.42. The maximum absolute atomic E-state index is 13.6. The third-order valence-corrected chi connectivity index (χ3v) is 4.07. The standard InChI is InChI=1S/C20H18F2N2O4/c1-2-24(11-18(25)23-20-14(21)4-3-5-15(20)22)19(26)9-7-13-6-8-16-17(10-13)28-12-27-16/h3-10H,2,11-12H2,1H3,(H,23,25). The number of fused-ring (bicyclic) bond motifs is 1. The quantitative estimate of drug-likeness (QED) is 0.772. The fraction of sp³-hybridized carbons (Fsp3) is 0.200. The first-order valence-corrected chi connectivity index (χ1v) is 8.58. The number of hydrogen-bond donors (Lipinski definition) is 1. The highest BCUT2D eigenvalue weighted by Gasteiger charge is 2.17. The molecule has 0 bridgehead atoms. The van der Waals surface area contributed by atoms with Gasteiger partial charge in [-0.25, -0.2) is 8.78 Å². The summed E-state index contributed by atoms with van der Waals surface area (Å²) < 4.78 is 37.8. The highest BCUT2D eigenvalue weighted by Crippen LogP contribution is 2.32. The predicted molar refractivity (Wildman–Crippen MR) is 98.8 cm³/mol. The number of likely N-dealkylation sites (N-methyl/N-ethyl adjacent to an activating group) is 1. The van der Waals surface area contributed by atoms with Crippen molar-refractivity contribution in [2.45, 2.75) is 6.92 Å². The third kappa shape index (κ3) is 4.46. The maximum atomic E-state index is 13.6. The Morgan fingerprint density at radius 2 is 1.86 bits per heavy atom. The second-order valence-corrected chi connectivity index (χ2v) is 5.94. The molecule has 0 saturated heterocycles. The number of amides is 2. The van der Waals surface area contributed by atoms with Crippen molar-refractivity contribution < 1.29 is 27.8 Å². The van der Waals surface area contributed by atoms with Gasteiger partial charge in [0.25, 0.3) is 0 Å². The van der Waals surface area contributed by atoms with E-state index in [9.17, 15) is 18.4 Å². The zero-order valence-electron chi connectivity index (χ0n) is 15.1. The molecule has 0 spiro atoms. The Morgan fingerprint density at radius 1 is 1.14 bits per heavy atom. The molecule has 1 aliphatic heterocycles. The van der Waals surface area contributed by atoms with Crippen molar-refractivity contribution in [2.24, 2.45) is 0 Å². The fourth-order valence-corrected chi connectivity index (χ4v) is 2.60. The summed E-state index contributed by atoms with van der Waals surface area (Å²) in [6, 6.07) is 8.51. The highest BCUT2D eigenvalue weighted by atomic mass is 19.1. The Kier molecular flexibility index (Phi) is 5.88. The molecule has 0 fully saturated rings. The summed E-state index contributed by atoms with van der Waals surface area (Å²) in [6.07, 6.45) is 2.90. The molecule has 2 aromatic carbocycles. The zero-order chi connectivity index (χ0) is 20.1. The molecule has 0 atom stereocenters. The minimum atomic E-state index is -0.884. The van der Waals surface area contributed by atoms with Crippen LogP contribution in [0.15, 0.2) is 42.5 Å².